The molecule has 1 aromatic heterocycles. The zero-order valence-electron chi connectivity index (χ0n) is 13.5. The van der Waals surface area contributed by atoms with Gasteiger partial charge in [-0.15, -0.1) is 0 Å². The molecule has 24 heavy (non-hydrogen) atoms. The zero-order valence-corrected chi connectivity index (χ0v) is 15.9. The maximum Gasteiger partial charge on any atom is 0.189 e. The number of thiocarbonyl (C=S) groups is 1. The summed E-state index contributed by atoms with van der Waals surface area (Å²) >= 11 is 12.6. The molecule has 0 unspecified atom stereocenters. The predicted molar refractivity (Wildman–Crippen MR) is 105 cm³/mol. The molecule has 3 N–H and O–H groups in total. The SMILES string of the molecule is COc1ccccc1Nc1nc(Cl)c(/C=N/NC(=S)NC(C)C)s1. The van der Waals surface area contributed by atoms with Crippen LogP contribution >= 0.6 is 35.2 Å². The van der Waals surface area contributed by atoms with E-state index in [1.165, 1.54) is 11.3 Å². The number of aromatic nitrogens is 1. The van der Waals surface area contributed by atoms with Crippen LogP contribution in [0.25, 0.3) is 0 Å². The van der Waals surface area contributed by atoms with E-state index in [1.807, 2.05) is 38.1 Å². The lowest BCUT2D eigenvalue weighted by molar-refractivity contribution is 0.417. The summed E-state index contributed by atoms with van der Waals surface area (Å²) in [5, 5.41) is 11.7. The highest BCUT2D eigenvalue weighted by atomic mass is 35.5. The Hall–Kier alpha value is -1.90. The van der Waals surface area contributed by atoms with Gasteiger partial charge in [-0.1, -0.05) is 35.1 Å². The standard InChI is InChI=1S/C15H18ClN5OS2/c1-9(2)18-14(23)21-17-8-12-13(16)20-15(24-12)19-10-6-4-5-7-11(10)22-3/h4-9H,1-3H3,(H,19,20)(H2,18,21,23)/b17-8+. The van der Waals surface area contributed by atoms with Gasteiger partial charge in [-0.05, 0) is 38.2 Å². The van der Waals surface area contributed by atoms with Crippen LogP contribution < -0.4 is 20.8 Å². The fourth-order valence-corrected chi connectivity index (χ4v) is 3.08. The number of nitrogens with zero attached hydrogens (tertiary/aromatic N) is 2. The van der Waals surface area contributed by atoms with Crippen molar-refractivity contribution in [1.29, 1.82) is 0 Å². The van der Waals surface area contributed by atoms with Gasteiger partial charge in [-0.25, -0.2) is 4.98 Å². The van der Waals surface area contributed by atoms with Crippen LogP contribution in [0.3, 0.4) is 0 Å². The molecule has 0 aliphatic heterocycles. The summed E-state index contributed by atoms with van der Waals surface area (Å²) in [6, 6.07) is 7.82. The van der Waals surface area contributed by atoms with Crippen LogP contribution in [0.4, 0.5) is 10.8 Å². The number of hydrogen-bond donors (Lipinski definition) is 3. The summed E-state index contributed by atoms with van der Waals surface area (Å²) < 4.78 is 5.30. The molecule has 0 aliphatic rings. The monoisotopic (exact) mass is 383 g/mol. The van der Waals surface area contributed by atoms with Crippen molar-refractivity contribution < 1.29 is 4.74 Å². The van der Waals surface area contributed by atoms with Crippen molar-refractivity contribution in [3.63, 3.8) is 0 Å². The van der Waals surface area contributed by atoms with Crippen LogP contribution in [-0.2, 0) is 0 Å². The molecule has 9 heteroatoms. The van der Waals surface area contributed by atoms with Crippen molar-refractivity contribution in [2.24, 2.45) is 5.10 Å². The molecule has 0 amide bonds. The second-order valence-electron chi connectivity index (χ2n) is 5.00. The zero-order chi connectivity index (χ0) is 17.5. The largest absolute Gasteiger partial charge is 0.495 e. The third kappa shape index (κ3) is 5.33. The first kappa shape index (κ1) is 18.4. The third-order valence-corrected chi connectivity index (χ3v) is 4.24. The van der Waals surface area contributed by atoms with E-state index in [-0.39, 0.29) is 6.04 Å². The van der Waals surface area contributed by atoms with E-state index < -0.39 is 0 Å². The van der Waals surface area contributed by atoms with Crippen LogP contribution in [0.1, 0.15) is 18.7 Å². The van der Waals surface area contributed by atoms with Crippen molar-refractivity contribution in [2.45, 2.75) is 19.9 Å². The van der Waals surface area contributed by atoms with Crippen LogP contribution in [0.15, 0.2) is 29.4 Å². The number of benzene rings is 1. The number of halogens is 1. The fraction of sp³-hybridized carbons (Fsp3) is 0.267. The minimum atomic E-state index is 0.240. The van der Waals surface area contributed by atoms with Crippen molar-refractivity contribution in [3.8, 4) is 5.75 Å². The van der Waals surface area contributed by atoms with Crippen LogP contribution in [0, 0.1) is 0 Å². The van der Waals surface area contributed by atoms with Crippen molar-refractivity contribution in [3.05, 3.63) is 34.3 Å². The molecule has 2 rings (SSSR count). The van der Waals surface area contributed by atoms with Crippen LogP contribution in [0.2, 0.25) is 5.15 Å². The Morgan fingerprint density at radius 1 is 1.42 bits per heavy atom. The van der Waals surface area contributed by atoms with Gasteiger partial charge in [-0.2, -0.15) is 5.10 Å². The Morgan fingerprint density at radius 3 is 2.88 bits per heavy atom. The molecule has 128 valence electrons. The molecule has 1 aromatic carbocycles. The molecule has 0 saturated heterocycles. The Bertz CT molecular complexity index is 732. The summed E-state index contributed by atoms with van der Waals surface area (Å²) in [5.74, 6) is 0.728. The summed E-state index contributed by atoms with van der Waals surface area (Å²) in [7, 11) is 1.62. The minimum absolute atomic E-state index is 0.240. The number of methoxy groups -OCH3 is 1. The first-order valence-electron chi connectivity index (χ1n) is 7.15. The highest BCUT2D eigenvalue weighted by Gasteiger charge is 2.10. The number of rotatable bonds is 6. The van der Waals surface area contributed by atoms with E-state index in [0.717, 1.165) is 11.4 Å². The van der Waals surface area contributed by atoms with Crippen molar-refractivity contribution in [1.82, 2.24) is 15.7 Å². The van der Waals surface area contributed by atoms with Gasteiger partial charge in [0.05, 0.1) is 23.9 Å². The highest BCUT2D eigenvalue weighted by Crippen LogP contribution is 2.31. The van der Waals surface area contributed by atoms with E-state index in [4.69, 9.17) is 28.6 Å². The molecule has 0 atom stereocenters. The fourth-order valence-electron chi connectivity index (χ4n) is 1.75. The first-order chi connectivity index (χ1) is 11.5. The van der Waals surface area contributed by atoms with Crippen LogP contribution in [-0.4, -0.2) is 29.5 Å². The average Bonchev–Trinajstić information content (AvgIpc) is 2.87. The van der Waals surface area contributed by atoms with E-state index in [9.17, 15) is 0 Å². The van der Waals surface area contributed by atoms with E-state index >= 15 is 0 Å². The van der Waals surface area contributed by atoms with Crippen molar-refractivity contribution >= 4 is 57.3 Å². The second-order valence-corrected chi connectivity index (χ2v) is 6.79. The van der Waals surface area contributed by atoms with E-state index in [2.05, 4.69) is 26.1 Å². The summed E-state index contributed by atoms with van der Waals surface area (Å²) in [6.07, 6.45) is 1.59. The van der Waals surface area contributed by atoms with Crippen LogP contribution in [0.5, 0.6) is 5.75 Å². The van der Waals surface area contributed by atoms with Gasteiger partial charge in [0.1, 0.15) is 5.75 Å². The Kier molecular flexibility index (Phi) is 6.77. The molecular weight excluding hydrogens is 366 g/mol. The molecule has 0 aliphatic carbocycles. The number of ether oxygens (including phenoxy) is 1. The van der Waals surface area contributed by atoms with Gasteiger partial charge in [0.15, 0.2) is 15.4 Å². The normalized spacial score (nSPS) is 10.9. The Labute approximate surface area is 155 Å². The predicted octanol–water partition coefficient (Wildman–Crippen LogP) is 3.76. The third-order valence-electron chi connectivity index (χ3n) is 2.73. The number of anilines is 2. The summed E-state index contributed by atoms with van der Waals surface area (Å²) in [6.45, 7) is 3.99. The lowest BCUT2D eigenvalue weighted by atomic mass is 10.3. The number of para-hydroxylation sites is 2. The van der Waals surface area contributed by atoms with Gasteiger partial charge in [0.2, 0.25) is 0 Å². The molecule has 0 fully saturated rings. The highest BCUT2D eigenvalue weighted by molar-refractivity contribution is 7.80. The summed E-state index contributed by atoms with van der Waals surface area (Å²) in [4.78, 5) is 4.99. The van der Waals surface area contributed by atoms with Gasteiger partial charge in [0, 0.05) is 6.04 Å². The molecule has 0 bridgehead atoms. The Morgan fingerprint density at radius 2 is 2.17 bits per heavy atom. The average molecular weight is 384 g/mol. The van der Waals surface area contributed by atoms with Gasteiger partial charge < -0.3 is 15.4 Å². The molecule has 1 heterocycles. The van der Waals surface area contributed by atoms with E-state index in [1.54, 1.807) is 13.3 Å². The maximum atomic E-state index is 6.15. The number of hydrogen-bond acceptors (Lipinski definition) is 6. The first-order valence-corrected chi connectivity index (χ1v) is 8.75. The molecule has 2 aromatic rings. The molecule has 0 spiro atoms. The van der Waals surface area contributed by atoms with Gasteiger partial charge in [0.25, 0.3) is 0 Å². The molecule has 6 nitrogen and oxygen atoms in total. The molecule has 0 radical (unpaired) electrons. The Balaban J connectivity index is 2.03. The molecular formula is C15H18ClN5OS2. The smallest absolute Gasteiger partial charge is 0.189 e. The van der Waals surface area contributed by atoms with Crippen molar-refractivity contribution in [2.75, 3.05) is 12.4 Å². The lowest BCUT2D eigenvalue weighted by Crippen LogP contribution is -2.36. The number of nitrogens with one attached hydrogen (secondary N) is 3. The summed E-state index contributed by atoms with van der Waals surface area (Å²) in [5.41, 5.74) is 3.55. The quantitative estimate of drug-likeness (QED) is 0.401. The lowest BCUT2D eigenvalue weighted by Gasteiger charge is -2.09. The van der Waals surface area contributed by atoms with Gasteiger partial charge in [-0.3, -0.25) is 5.43 Å². The second kappa shape index (κ2) is 8.81. The number of thiazole rings is 1. The van der Waals surface area contributed by atoms with Gasteiger partial charge >= 0.3 is 0 Å². The topological polar surface area (TPSA) is 70.6 Å². The maximum absolute atomic E-state index is 6.15. The molecule has 0 saturated carbocycles. The minimum Gasteiger partial charge on any atom is -0.495 e. The number of hydrazone groups is 1. The van der Waals surface area contributed by atoms with E-state index in [0.29, 0.717) is 20.3 Å².